The average molecular weight is 365 g/mol. The topological polar surface area (TPSA) is 53.5 Å². The molecular formula is C22H27N3O2. The molecule has 1 aromatic heterocycles. The highest BCUT2D eigenvalue weighted by Crippen LogP contribution is 2.27. The van der Waals surface area contributed by atoms with E-state index in [1.54, 1.807) is 0 Å². The summed E-state index contributed by atoms with van der Waals surface area (Å²) in [5.74, 6) is 0.525. The van der Waals surface area contributed by atoms with Crippen molar-refractivity contribution in [2.24, 2.45) is 5.92 Å². The molecule has 1 aliphatic heterocycles. The zero-order valence-corrected chi connectivity index (χ0v) is 16.2. The molecule has 27 heavy (non-hydrogen) atoms. The third-order valence-electron chi connectivity index (χ3n) is 5.97. The van der Waals surface area contributed by atoms with Crippen molar-refractivity contribution in [3.05, 3.63) is 41.1 Å². The van der Waals surface area contributed by atoms with Crippen molar-refractivity contribution in [3.63, 3.8) is 0 Å². The zero-order valence-electron chi connectivity index (χ0n) is 16.2. The van der Waals surface area contributed by atoms with Crippen LogP contribution in [0.4, 0.5) is 0 Å². The van der Waals surface area contributed by atoms with Crippen molar-refractivity contribution in [2.75, 3.05) is 26.2 Å². The summed E-state index contributed by atoms with van der Waals surface area (Å²) < 4.78 is 0. The Labute approximate surface area is 160 Å². The van der Waals surface area contributed by atoms with Crippen molar-refractivity contribution in [2.45, 2.75) is 39.5 Å². The maximum absolute atomic E-state index is 13.1. The average Bonchev–Trinajstić information content (AvgIpc) is 3.21. The first-order valence-electron chi connectivity index (χ1n) is 9.99. The van der Waals surface area contributed by atoms with Crippen LogP contribution in [0.2, 0.25) is 0 Å². The Morgan fingerprint density at radius 3 is 2.33 bits per heavy atom. The number of hydrogen-bond donors (Lipinski definition) is 0. The number of hydrogen-bond acceptors (Lipinski definition) is 3. The molecule has 4 rings (SSSR count). The molecular weight excluding hydrogens is 338 g/mol. The minimum atomic E-state index is 0.0244. The van der Waals surface area contributed by atoms with E-state index in [0.717, 1.165) is 35.0 Å². The van der Waals surface area contributed by atoms with Crippen LogP contribution in [0.3, 0.4) is 0 Å². The summed E-state index contributed by atoms with van der Waals surface area (Å²) in [7, 11) is 0. The lowest BCUT2D eigenvalue weighted by Crippen LogP contribution is -2.51. The highest BCUT2D eigenvalue weighted by molar-refractivity contribution is 5.99. The Hall–Kier alpha value is -2.43. The predicted octanol–water partition coefficient (Wildman–Crippen LogP) is 3.33. The summed E-state index contributed by atoms with van der Waals surface area (Å²) in [4.78, 5) is 34.1. The van der Waals surface area contributed by atoms with Crippen molar-refractivity contribution >= 4 is 22.7 Å². The number of aromatic nitrogens is 1. The minimum Gasteiger partial charge on any atom is -0.339 e. The number of carbonyl (C=O) groups excluding carboxylic acids is 2. The molecule has 2 amide bonds. The maximum Gasteiger partial charge on any atom is 0.255 e. The molecule has 0 unspecified atom stereocenters. The van der Waals surface area contributed by atoms with Crippen LogP contribution in [0.5, 0.6) is 0 Å². The summed E-state index contributed by atoms with van der Waals surface area (Å²) >= 11 is 0. The number of rotatable bonds is 2. The standard InChI is InChI=1S/C22H27N3O2/c1-15-7-8-20-18(13-15)14-19(16(2)23-20)22(27)25-11-9-24(10-12-25)21(26)17-5-3-4-6-17/h7-8,13-14,17H,3-6,9-12H2,1-2H3. The van der Waals surface area contributed by atoms with Crippen molar-refractivity contribution in [3.8, 4) is 0 Å². The van der Waals surface area contributed by atoms with Gasteiger partial charge in [-0.25, -0.2) is 0 Å². The highest BCUT2D eigenvalue weighted by atomic mass is 16.2. The van der Waals surface area contributed by atoms with Gasteiger partial charge in [-0.3, -0.25) is 14.6 Å². The van der Waals surface area contributed by atoms with E-state index < -0.39 is 0 Å². The Morgan fingerprint density at radius 2 is 1.63 bits per heavy atom. The van der Waals surface area contributed by atoms with E-state index in [-0.39, 0.29) is 11.8 Å². The number of benzene rings is 1. The molecule has 0 atom stereocenters. The fourth-order valence-corrected chi connectivity index (χ4v) is 4.34. The molecule has 2 aromatic rings. The van der Waals surface area contributed by atoms with E-state index in [1.807, 2.05) is 41.8 Å². The largest absolute Gasteiger partial charge is 0.339 e. The molecule has 5 nitrogen and oxygen atoms in total. The molecule has 1 aliphatic carbocycles. The van der Waals surface area contributed by atoms with Crippen molar-refractivity contribution < 1.29 is 9.59 Å². The molecule has 1 saturated carbocycles. The maximum atomic E-state index is 13.1. The van der Waals surface area contributed by atoms with Gasteiger partial charge in [0.2, 0.25) is 5.91 Å². The molecule has 2 heterocycles. The first-order chi connectivity index (χ1) is 13.0. The van der Waals surface area contributed by atoms with E-state index in [0.29, 0.717) is 37.6 Å². The number of piperazine rings is 1. The first-order valence-corrected chi connectivity index (χ1v) is 9.99. The molecule has 0 radical (unpaired) electrons. The number of aryl methyl sites for hydroxylation is 2. The van der Waals surface area contributed by atoms with Crippen molar-refractivity contribution in [1.82, 2.24) is 14.8 Å². The monoisotopic (exact) mass is 365 g/mol. The Kier molecular flexibility index (Phi) is 4.85. The van der Waals surface area contributed by atoms with Gasteiger partial charge in [-0.2, -0.15) is 0 Å². The Morgan fingerprint density at radius 1 is 0.963 bits per heavy atom. The summed E-state index contributed by atoms with van der Waals surface area (Å²) in [5, 5.41) is 0.999. The van der Waals surface area contributed by atoms with E-state index >= 15 is 0 Å². The van der Waals surface area contributed by atoms with Crippen molar-refractivity contribution in [1.29, 1.82) is 0 Å². The SMILES string of the molecule is Cc1ccc2nc(C)c(C(=O)N3CCN(C(=O)C4CCCC4)CC3)cc2c1. The Balaban J connectivity index is 1.47. The zero-order chi connectivity index (χ0) is 19.0. The number of fused-ring (bicyclic) bond motifs is 1. The van der Waals surface area contributed by atoms with Crippen LogP contribution in [0.1, 0.15) is 47.3 Å². The molecule has 1 saturated heterocycles. The molecule has 142 valence electrons. The van der Waals surface area contributed by atoms with Gasteiger partial charge in [0.05, 0.1) is 16.8 Å². The molecule has 1 aromatic carbocycles. The van der Waals surface area contributed by atoms with Gasteiger partial charge in [0.25, 0.3) is 5.91 Å². The molecule has 2 aliphatic rings. The summed E-state index contributed by atoms with van der Waals surface area (Å²) in [6.45, 7) is 6.42. The number of nitrogens with zero attached hydrogens (tertiary/aromatic N) is 3. The van der Waals surface area contributed by atoms with E-state index in [9.17, 15) is 9.59 Å². The van der Waals surface area contributed by atoms with Gasteiger partial charge < -0.3 is 9.80 Å². The van der Waals surface area contributed by atoms with Gasteiger partial charge in [-0.1, -0.05) is 24.5 Å². The van der Waals surface area contributed by atoms with Crippen LogP contribution < -0.4 is 0 Å². The lowest BCUT2D eigenvalue weighted by molar-refractivity contribution is -0.136. The van der Waals surface area contributed by atoms with Crippen LogP contribution >= 0.6 is 0 Å². The summed E-state index contributed by atoms with van der Waals surface area (Å²) in [5.41, 5.74) is 3.51. The quantitative estimate of drug-likeness (QED) is 0.820. The molecule has 2 fully saturated rings. The number of amides is 2. The van der Waals surface area contributed by atoms with Gasteiger partial charge in [-0.15, -0.1) is 0 Å². The lowest BCUT2D eigenvalue weighted by Gasteiger charge is -2.36. The summed E-state index contributed by atoms with van der Waals surface area (Å²) in [6.07, 6.45) is 4.39. The number of carbonyl (C=O) groups is 2. The predicted molar refractivity (Wildman–Crippen MR) is 106 cm³/mol. The highest BCUT2D eigenvalue weighted by Gasteiger charge is 2.31. The molecule has 0 bridgehead atoms. The third kappa shape index (κ3) is 3.55. The fourth-order valence-electron chi connectivity index (χ4n) is 4.34. The van der Waals surface area contributed by atoms with E-state index in [4.69, 9.17) is 0 Å². The van der Waals surface area contributed by atoms with Crippen LogP contribution in [0, 0.1) is 19.8 Å². The smallest absolute Gasteiger partial charge is 0.255 e. The van der Waals surface area contributed by atoms with Gasteiger partial charge in [-0.05, 0) is 44.9 Å². The second-order valence-corrected chi connectivity index (χ2v) is 7.92. The number of pyridine rings is 1. The fraction of sp³-hybridized carbons (Fsp3) is 0.500. The van der Waals surface area contributed by atoms with Gasteiger partial charge >= 0.3 is 0 Å². The normalized spacial score (nSPS) is 18.3. The van der Waals surface area contributed by atoms with E-state index in [1.165, 1.54) is 12.8 Å². The third-order valence-corrected chi connectivity index (χ3v) is 5.97. The second kappa shape index (κ2) is 7.29. The summed E-state index contributed by atoms with van der Waals surface area (Å²) in [6, 6.07) is 8.07. The Bertz CT molecular complexity index is 879. The van der Waals surface area contributed by atoms with Gasteiger partial charge in [0, 0.05) is 37.5 Å². The van der Waals surface area contributed by atoms with Crippen LogP contribution in [0.15, 0.2) is 24.3 Å². The second-order valence-electron chi connectivity index (χ2n) is 7.92. The molecule has 0 spiro atoms. The minimum absolute atomic E-state index is 0.0244. The van der Waals surface area contributed by atoms with Crippen LogP contribution in [-0.4, -0.2) is 52.8 Å². The van der Waals surface area contributed by atoms with Gasteiger partial charge in [0.15, 0.2) is 0 Å². The van der Waals surface area contributed by atoms with Crippen LogP contribution in [-0.2, 0) is 4.79 Å². The van der Waals surface area contributed by atoms with Crippen LogP contribution in [0.25, 0.3) is 10.9 Å². The molecule has 5 heteroatoms. The van der Waals surface area contributed by atoms with E-state index in [2.05, 4.69) is 11.1 Å². The van der Waals surface area contributed by atoms with Gasteiger partial charge in [0.1, 0.15) is 0 Å². The molecule has 0 N–H and O–H groups in total. The first kappa shape index (κ1) is 18.0. The lowest BCUT2D eigenvalue weighted by atomic mass is 10.0.